The van der Waals surface area contributed by atoms with Gasteiger partial charge in [0.15, 0.2) is 0 Å². The molecule has 0 N–H and O–H groups in total. The molecule has 1 fully saturated rings. The van der Waals surface area contributed by atoms with Crippen LogP contribution < -0.4 is 0 Å². The monoisotopic (exact) mass is 238 g/mol. The number of carbonyl (C=O) groups excluding carboxylic acids is 1. The Balaban J connectivity index is 2.03. The van der Waals surface area contributed by atoms with Crippen molar-refractivity contribution < 1.29 is 4.79 Å². The van der Waals surface area contributed by atoms with E-state index in [0.717, 1.165) is 12.3 Å². The van der Waals surface area contributed by atoms with Gasteiger partial charge in [0.05, 0.1) is 0 Å². The Labute approximate surface area is 107 Å². The van der Waals surface area contributed by atoms with E-state index in [0.29, 0.717) is 11.8 Å². The summed E-state index contributed by atoms with van der Waals surface area (Å²) in [6, 6.07) is 0. The van der Waals surface area contributed by atoms with Crippen LogP contribution in [-0.2, 0) is 4.79 Å². The fourth-order valence-corrected chi connectivity index (χ4v) is 3.21. The molecule has 0 aromatic heterocycles. The largest absolute Gasteiger partial charge is 0.303 e. The summed E-state index contributed by atoms with van der Waals surface area (Å²) >= 11 is 0. The van der Waals surface area contributed by atoms with Crippen LogP contribution >= 0.6 is 0 Å². The number of aldehydes is 1. The second-order valence-corrected chi connectivity index (χ2v) is 6.01. The zero-order valence-corrected chi connectivity index (χ0v) is 11.8. The van der Waals surface area contributed by atoms with E-state index in [9.17, 15) is 4.79 Å². The van der Waals surface area contributed by atoms with Gasteiger partial charge < -0.3 is 4.79 Å². The van der Waals surface area contributed by atoms with Crippen LogP contribution in [0.15, 0.2) is 0 Å². The highest BCUT2D eigenvalue weighted by Gasteiger charge is 2.26. The third-order valence-corrected chi connectivity index (χ3v) is 4.48. The van der Waals surface area contributed by atoms with E-state index in [4.69, 9.17) is 0 Å². The number of carbonyl (C=O) groups is 1. The SMILES string of the molecule is CCCCCCCCC1CCC(C=O)C(C)C1. The Morgan fingerprint density at radius 3 is 2.41 bits per heavy atom. The van der Waals surface area contributed by atoms with E-state index < -0.39 is 0 Å². The fraction of sp³-hybridized carbons (Fsp3) is 0.938. The highest BCUT2D eigenvalue weighted by molar-refractivity contribution is 5.54. The molecule has 1 rings (SSSR count). The van der Waals surface area contributed by atoms with E-state index in [2.05, 4.69) is 13.8 Å². The van der Waals surface area contributed by atoms with Gasteiger partial charge in [-0.15, -0.1) is 0 Å². The van der Waals surface area contributed by atoms with Crippen molar-refractivity contribution in [3.63, 3.8) is 0 Å². The van der Waals surface area contributed by atoms with Gasteiger partial charge in [-0.1, -0.05) is 58.8 Å². The maximum atomic E-state index is 10.8. The molecule has 1 heteroatoms. The van der Waals surface area contributed by atoms with Crippen molar-refractivity contribution in [2.75, 3.05) is 0 Å². The van der Waals surface area contributed by atoms with Crippen molar-refractivity contribution in [3.05, 3.63) is 0 Å². The van der Waals surface area contributed by atoms with Crippen LogP contribution in [0.1, 0.15) is 78.1 Å². The van der Waals surface area contributed by atoms with Crippen LogP contribution in [0, 0.1) is 17.8 Å². The third-order valence-electron chi connectivity index (χ3n) is 4.48. The van der Waals surface area contributed by atoms with Crippen molar-refractivity contribution in [1.29, 1.82) is 0 Å². The predicted molar refractivity (Wildman–Crippen MR) is 74.1 cm³/mol. The van der Waals surface area contributed by atoms with Gasteiger partial charge in [0, 0.05) is 5.92 Å². The minimum atomic E-state index is 0.357. The van der Waals surface area contributed by atoms with Gasteiger partial charge in [0.2, 0.25) is 0 Å². The summed E-state index contributed by atoms with van der Waals surface area (Å²) in [5.41, 5.74) is 0. The van der Waals surface area contributed by atoms with E-state index in [-0.39, 0.29) is 0 Å². The van der Waals surface area contributed by atoms with Gasteiger partial charge in [0.1, 0.15) is 6.29 Å². The quantitative estimate of drug-likeness (QED) is 0.430. The molecule has 0 bridgehead atoms. The average Bonchev–Trinajstić information content (AvgIpc) is 2.34. The fourth-order valence-electron chi connectivity index (χ4n) is 3.21. The van der Waals surface area contributed by atoms with Crippen LogP contribution in [0.5, 0.6) is 0 Å². The lowest BCUT2D eigenvalue weighted by Gasteiger charge is -2.31. The molecule has 0 radical (unpaired) electrons. The van der Waals surface area contributed by atoms with Gasteiger partial charge in [-0.25, -0.2) is 0 Å². The molecule has 3 atom stereocenters. The van der Waals surface area contributed by atoms with Crippen molar-refractivity contribution in [1.82, 2.24) is 0 Å². The third kappa shape index (κ3) is 5.70. The molecule has 3 unspecified atom stereocenters. The number of hydrogen-bond donors (Lipinski definition) is 0. The van der Waals surface area contributed by atoms with Crippen molar-refractivity contribution in [2.45, 2.75) is 78.1 Å². The van der Waals surface area contributed by atoms with Gasteiger partial charge in [0.25, 0.3) is 0 Å². The zero-order chi connectivity index (χ0) is 12.5. The zero-order valence-electron chi connectivity index (χ0n) is 11.8. The molecule has 0 aromatic rings. The van der Waals surface area contributed by atoms with Crippen LogP contribution in [0.25, 0.3) is 0 Å². The lowest BCUT2D eigenvalue weighted by atomic mass is 9.74. The second kappa shape index (κ2) is 8.72. The summed E-state index contributed by atoms with van der Waals surface area (Å²) < 4.78 is 0. The Morgan fingerprint density at radius 2 is 1.76 bits per heavy atom. The maximum absolute atomic E-state index is 10.8. The van der Waals surface area contributed by atoms with Gasteiger partial charge in [-0.05, 0) is 31.1 Å². The second-order valence-electron chi connectivity index (χ2n) is 6.01. The first-order valence-corrected chi connectivity index (χ1v) is 7.73. The minimum absolute atomic E-state index is 0.357. The summed E-state index contributed by atoms with van der Waals surface area (Å²) in [5, 5.41) is 0. The van der Waals surface area contributed by atoms with Gasteiger partial charge in [-0.3, -0.25) is 0 Å². The van der Waals surface area contributed by atoms with Crippen LogP contribution in [-0.4, -0.2) is 6.29 Å². The van der Waals surface area contributed by atoms with E-state index in [1.165, 1.54) is 64.1 Å². The molecule has 0 aromatic carbocycles. The standard InChI is InChI=1S/C16H30O/c1-3-4-5-6-7-8-9-15-10-11-16(13-17)14(2)12-15/h13-16H,3-12H2,1-2H3. The molecule has 0 aliphatic heterocycles. The predicted octanol–water partition coefficient (Wildman–Crippen LogP) is 4.99. The molecule has 0 heterocycles. The summed E-state index contributed by atoms with van der Waals surface area (Å²) in [5.74, 6) is 1.90. The molecule has 1 aliphatic carbocycles. The summed E-state index contributed by atoms with van der Waals surface area (Å²) in [6.07, 6.45) is 14.7. The van der Waals surface area contributed by atoms with Crippen LogP contribution in [0.4, 0.5) is 0 Å². The molecule has 1 nitrogen and oxygen atoms in total. The number of hydrogen-bond acceptors (Lipinski definition) is 1. The molecule has 100 valence electrons. The maximum Gasteiger partial charge on any atom is 0.123 e. The highest BCUT2D eigenvalue weighted by atomic mass is 16.1. The summed E-state index contributed by atoms with van der Waals surface area (Å²) in [6.45, 7) is 4.53. The lowest BCUT2D eigenvalue weighted by Crippen LogP contribution is -2.23. The van der Waals surface area contributed by atoms with Crippen molar-refractivity contribution in [3.8, 4) is 0 Å². The molecule has 0 spiro atoms. The van der Waals surface area contributed by atoms with E-state index in [1.54, 1.807) is 0 Å². The van der Waals surface area contributed by atoms with E-state index >= 15 is 0 Å². The van der Waals surface area contributed by atoms with Gasteiger partial charge >= 0.3 is 0 Å². The first kappa shape index (κ1) is 14.7. The van der Waals surface area contributed by atoms with E-state index in [1.807, 2.05) is 0 Å². The first-order chi connectivity index (χ1) is 8.27. The first-order valence-electron chi connectivity index (χ1n) is 7.73. The minimum Gasteiger partial charge on any atom is -0.303 e. The molecule has 0 amide bonds. The highest BCUT2D eigenvalue weighted by Crippen LogP contribution is 2.35. The Hall–Kier alpha value is -0.330. The molecule has 1 saturated carbocycles. The topological polar surface area (TPSA) is 17.1 Å². The smallest absolute Gasteiger partial charge is 0.123 e. The molecular formula is C16H30O. The number of unbranched alkanes of at least 4 members (excludes halogenated alkanes) is 5. The van der Waals surface area contributed by atoms with Crippen LogP contribution in [0.2, 0.25) is 0 Å². The molecular weight excluding hydrogens is 208 g/mol. The normalized spacial score (nSPS) is 29.2. The Morgan fingerprint density at radius 1 is 1.06 bits per heavy atom. The molecule has 0 saturated heterocycles. The van der Waals surface area contributed by atoms with Crippen molar-refractivity contribution in [2.24, 2.45) is 17.8 Å². The van der Waals surface area contributed by atoms with Gasteiger partial charge in [-0.2, -0.15) is 0 Å². The summed E-state index contributed by atoms with van der Waals surface area (Å²) in [7, 11) is 0. The van der Waals surface area contributed by atoms with Crippen LogP contribution in [0.3, 0.4) is 0 Å². The van der Waals surface area contributed by atoms with Crippen molar-refractivity contribution >= 4 is 6.29 Å². The molecule has 17 heavy (non-hydrogen) atoms. The molecule has 1 aliphatic rings. The summed E-state index contributed by atoms with van der Waals surface area (Å²) in [4.78, 5) is 10.8. The lowest BCUT2D eigenvalue weighted by molar-refractivity contribution is -0.113. The average molecular weight is 238 g/mol. The Kier molecular flexibility index (Phi) is 7.55. The number of rotatable bonds is 8. The Bertz CT molecular complexity index is 200.